The second-order valence-electron chi connectivity index (χ2n) is 3.09. The third-order valence-corrected chi connectivity index (χ3v) is 3.03. The second kappa shape index (κ2) is 3.43. The van der Waals surface area contributed by atoms with Crippen molar-refractivity contribution < 1.29 is 4.79 Å². The van der Waals surface area contributed by atoms with E-state index in [9.17, 15) is 4.79 Å². The zero-order chi connectivity index (χ0) is 9.26. The molecule has 0 radical (unpaired) electrons. The fraction of sp³-hybridized carbons (Fsp3) is 0.500. The fourth-order valence-electron chi connectivity index (χ4n) is 1.21. The molecule has 1 aromatic heterocycles. The average Bonchev–Trinajstić information content (AvgIpc) is 2.51. The van der Waals surface area contributed by atoms with Gasteiger partial charge in [0.05, 0.1) is 17.7 Å². The van der Waals surface area contributed by atoms with Crippen molar-refractivity contribution in [3.8, 4) is 0 Å². The molecule has 0 aliphatic carbocycles. The average molecular weight is 197 g/mol. The number of hydrogen-bond acceptors (Lipinski definition) is 4. The molecule has 2 rings (SSSR count). The Bertz CT molecular complexity index is 294. The monoisotopic (exact) mass is 197 g/mol. The van der Waals surface area contributed by atoms with E-state index in [2.05, 4.69) is 10.3 Å². The minimum absolute atomic E-state index is 0.0778. The summed E-state index contributed by atoms with van der Waals surface area (Å²) in [6.45, 7) is 1.81. The number of aromatic nitrogens is 1. The summed E-state index contributed by atoms with van der Waals surface area (Å²) in [7, 11) is 1.84. The molecule has 0 atom stereocenters. The van der Waals surface area contributed by atoms with Crippen molar-refractivity contribution in [2.75, 3.05) is 20.1 Å². The Balaban J connectivity index is 2.04. The molecule has 0 unspecified atom stereocenters. The van der Waals surface area contributed by atoms with E-state index < -0.39 is 0 Å². The van der Waals surface area contributed by atoms with Crippen LogP contribution in [0.3, 0.4) is 0 Å². The van der Waals surface area contributed by atoms with Crippen LogP contribution in [-0.4, -0.2) is 42.0 Å². The smallest absolute Gasteiger partial charge is 0.265 e. The van der Waals surface area contributed by atoms with Gasteiger partial charge in [-0.25, -0.2) is 0 Å². The van der Waals surface area contributed by atoms with Crippen LogP contribution in [0.2, 0.25) is 0 Å². The van der Waals surface area contributed by atoms with Crippen LogP contribution in [0.25, 0.3) is 0 Å². The molecule has 0 bridgehead atoms. The molecule has 70 valence electrons. The molecule has 0 saturated carbocycles. The Labute approximate surface area is 80.6 Å². The van der Waals surface area contributed by atoms with E-state index in [0.29, 0.717) is 6.04 Å². The number of thiazole rings is 1. The molecule has 1 aliphatic heterocycles. The summed E-state index contributed by atoms with van der Waals surface area (Å²) in [4.78, 5) is 18.1. The van der Waals surface area contributed by atoms with Gasteiger partial charge in [0, 0.05) is 20.1 Å². The molecule has 13 heavy (non-hydrogen) atoms. The lowest BCUT2D eigenvalue weighted by atomic mass is 10.1. The van der Waals surface area contributed by atoms with Crippen LogP contribution < -0.4 is 5.32 Å². The lowest BCUT2D eigenvalue weighted by Gasteiger charge is -2.35. The van der Waals surface area contributed by atoms with Crippen molar-refractivity contribution in [3.05, 3.63) is 16.6 Å². The van der Waals surface area contributed by atoms with Gasteiger partial charge in [-0.1, -0.05) is 0 Å². The molecule has 1 amide bonds. The summed E-state index contributed by atoms with van der Waals surface area (Å²) in [6.07, 6.45) is 1.62. The predicted molar refractivity (Wildman–Crippen MR) is 50.9 cm³/mol. The first-order chi connectivity index (χ1) is 6.29. The van der Waals surface area contributed by atoms with Crippen LogP contribution in [0.1, 0.15) is 9.67 Å². The zero-order valence-corrected chi connectivity index (χ0v) is 8.17. The number of nitrogens with one attached hydrogen (secondary N) is 1. The van der Waals surface area contributed by atoms with Crippen molar-refractivity contribution in [3.63, 3.8) is 0 Å². The molecule has 0 aromatic carbocycles. The maximum atomic E-state index is 11.7. The van der Waals surface area contributed by atoms with E-state index in [1.807, 2.05) is 7.05 Å². The van der Waals surface area contributed by atoms with E-state index >= 15 is 0 Å². The standard InChI is InChI=1S/C8H11N3OS/c1-11(6-2-9-3-6)8(12)7-4-10-5-13-7/h4-6,9H,2-3H2,1H3. The number of likely N-dealkylation sites (N-methyl/N-ethyl adjacent to an activating group) is 1. The van der Waals surface area contributed by atoms with E-state index in [-0.39, 0.29) is 5.91 Å². The van der Waals surface area contributed by atoms with E-state index in [4.69, 9.17) is 0 Å². The number of carbonyl (C=O) groups is 1. The lowest BCUT2D eigenvalue weighted by molar-refractivity contribution is 0.0686. The van der Waals surface area contributed by atoms with Gasteiger partial charge in [-0.3, -0.25) is 9.78 Å². The molecule has 1 fully saturated rings. The quantitative estimate of drug-likeness (QED) is 0.736. The van der Waals surface area contributed by atoms with Crippen LogP contribution in [0.5, 0.6) is 0 Å². The normalized spacial score (nSPS) is 16.7. The van der Waals surface area contributed by atoms with Gasteiger partial charge in [-0.15, -0.1) is 11.3 Å². The van der Waals surface area contributed by atoms with Gasteiger partial charge in [0.2, 0.25) is 0 Å². The topological polar surface area (TPSA) is 45.2 Å². The maximum absolute atomic E-state index is 11.7. The fourth-order valence-corrected chi connectivity index (χ4v) is 1.81. The molecule has 1 N–H and O–H groups in total. The van der Waals surface area contributed by atoms with Crippen molar-refractivity contribution in [1.82, 2.24) is 15.2 Å². The molecule has 5 heteroatoms. The number of nitrogens with zero attached hydrogens (tertiary/aromatic N) is 2. The van der Waals surface area contributed by atoms with Gasteiger partial charge in [0.25, 0.3) is 5.91 Å². The first kappa shape index (κ1) is 8.65. The van der Waals surface area contributed by atoms with Crippen LogP contribution in [0, 0.1) is 0 Å². The Morgan fingerprint density at radius 2 is 2.54 bits per heavy atom. The van der Waals surface area contributed by atoms with Crippen molar-refractivity contribution in [2.45, 2.75) is 6.04 Å². The van der Waals surface area contributed by atoms with Crippen LogP contribution in [-0.2, 0) is 0 Å². The minimum atomic E-state index is 0.0778. The highest BCUT2D eigenvalue weighted by Crippen LogP contribution is 2.12. The highest BCUT2D eigenvalue weighted by Gasteiger charge is 2.26. The predicted octanol–water partition coefficient (Wildman–Crippen LogP) is 0.187. The molecule has 1 aromatic rings. The molecular formula is C8H11N3OS. The first-order valence-corrected chi connectivity index (χ1v) is 5.03. The molecule has 1 aliphatic rings. The maximum Gasteiger partial charge on any atom is 0.265 e. The van der Waals surface area contributed by atoms with E-state index in [0.717, 1.165) is 18.0 Å². The highest BCUT2D eigenvalue weighted by molar-refractivity contribution is 7.11. The molecular weight excluding hydrogens is 186 g/mol. The molecule has 1 saturated heterocycles. The zero-order valence-electron chi connectivity index (χ0n) is 7.36. The van der Waals surface area contributed by atoms with Crippen LogP contribution in [0.15, 0.2) is 11.7 Å². The van der Waals surface area contributed by atoms with E-state index in [1.165, 1.54) is 11.3 Å². The van der Waals surface area contributed by atoms with Crippen molar-refractivity contribution in [1.29, 1.82) is 0 Å². The van der Waals surface area contributed by atoms with Crippen molar-refractivity contribution in [2.24, 2.45) is 0 Å². The van der Waals surface area contributed by atoms with Gasteiger partial charge >= 0.3 is 0 Å². The first-order valence-electron chi connectivity index (χ1n) is 4.15. The van der Waals surface area contributed by atoms with Gasteiger partial charge in [0.1, 0.15) is 4.88 Å². The van der Waals surface area contributed by atoms with Crippen LogP contribution in [0.4, 0.5) is 0 Å². The van der Waals surface area contributed by atoms with Gasteiger partial charge in [-0.2, -0.15) is 0 Å². The Kier molecular flexibility index (Phi) is 2.28. The lowest BCUT2D eigenvalue weighted by Crippen LogP contribution is -2.57. The molecule has 0 spiro atoms. The largest absolute Gasteiger partial charge is 0.335 e. The molecule has 2 heterocycles. The Morgan fingerprint density at radius 3 is 3.00 bits per heavy atom. The van der Waals surface area contributed by atoms with Crippen LogP contribution >= 0.6 is 11.3 Å². The summed E-state index contributed by atoms with van der Waals surface area (Å²) in [5, 5.41) is 3.14. The second-order valence-corrected chi connectivity index (χ2v) is 3.98. The summed E-state index contributed by atoms with van der Waals surface area (Å²) in [5.41, 5.74) is 1.68. The summed E-state index contributed by atoms with van der Waals surface area (Å²) < 4.78 is 0. The van der Waals surface area contributed by atoms with E-state index in [1.54, 1.807) is 16.6 Å². The number of carbonyl (C=O) groups excluding carboxylic acids is 1. The third kappa shape index (κ3) is 1.57. The number of rotatable bonds is 2. The van der Waals surface area contributed by atoms with Crippen molar-refractivity contribution >= 4 is 17.2 Å². The summed E-state index contributed by atoms with van der Waals surface area (Å²) in [6, 6.07) is 0.356. The summed E-state index contributed by atoms with van der Waals surface area (Å²) in [5.74, 6) is 0.0778. The third-order valence-electron chi connectivity index (χ3n) is 2.27. The number of hydrogen-bond donors (Lipinski definition) is 1. The number of amides is 1. The minimum Gasteiger partial charge on any atom is -0.335 e. The van der Waals surface area contributed by atoms with Gasteiger partial charge in [-0.05, 0) is 0 Å². The Morgan fingerprint density at radius 1 is 1.77 bits per heavy atom. The molecule has 4 nitrogen and oxygen atoms in total. The van der Waals surface area contributed by atoms with Gasteiger partial charge < -0.3 is 10.2 Å². The highest BCUT2D eigenvalue weighted by atomic mass is 32.1. The SMILES string of the molecule is CN(C(=O)c1cncs1)C1CNC1. The van der Waals surface area contributed by atoms with Gasteiger partial charge in [0.15, 0.2) is 0 Å². The summed E-state index contributed by atoms with van der Waals surface area (Å²) >= 11 is 1.39. The Hall–Kier alpha value is -0.940.